The number of carbonyl (C=O) groups excluding carboxylic acids is 2. The lowest BCUT2D eigenvalue weighted by Crippen LogP contribution is -2.49. The summed E-state index contributed by atoms with van der Waals surface area (Å²) in [7, 11) is 0. The molecule has 1 heterocycles. The molecular weight excluding hydrogens is 533 g/mol. The number of ether oxygens (including phenoxy) is 1. The summed E-state index contributed by atoms with van der Waals surface area (Å²) in [6.45, 7) is 7.55. The minimum atomic E-state index is -0.127. The van der Waals surface area contributed by atoms with E-state index in [0.29, 0.717) is 44.3 Å². The molecule has 0 aliphatic carbocycles. The summed E-state index contributed by atoms with van der Waals surface area (Å²) in [5.41, 5.74) is 2.63. The molecule has 9 heteroatoms. The molecule has 1 saturated heterocycles. The van der Waals surface area contributed by atoms with Gasteiger partial charge < -0.3 is 25.6 Å². The molecule has 1 fully saturated rings. The van der Waals surface area contributed by atoms with E-state index in [1.165, 1.54) is 0 Å². The van der Waals surface area contributed by atoms with E-state index in [1.54, 1.807) is 17.0 Å². The van der Waals surface area contributed by atoms with Crippen molar-refractivity contribution in [1.82, 2.24) is 20.9 Å². The lowest BCUT2D eigenvalue weighted by molar-refractivity contribution is -0.123. The van der Waals surface area contributed by atoms with Gasteiger partial charge in [0, 0.05) is 37.3 Å². The average Bonchev–Trinajstić information content (AvgIpc) is 2.82. The smallest absolute Gasteiger partial charge is 0.254 e. The van der Waals surface area contributed by atoms with E-state index in [0.717, 1.165) is 23.4 Å². The third-order valence-electron chi connectivity index (χ3n) is 5.01. The summed E-state index contributed by atoms with van der Waals surface area (Å²) in [5, 5.41) is 9.32. The van der Waals surface area contributed by atoms with Gasteiger partial charge in [0.05, 0.1) is 19.7 Å². The Morgan fingerprint density at radius 2 is 1.88 bits per heavy atom. The van der Waals surface area contributed by atoms with E-state index in [-0.39, 0.29) is 42.3 Å². The second-order valence-corrected chi connectivity index (χ2v) is 7.36. The van der Waals surface area contributed by atoms with E-state index in [4.69, 9.17) is 4.74 Å². The van der Waals surface area contributed by atoms with Crippen LogP contribution in [0.15, 0.2) is 53.5 Å². The Balaban J connectivity index is 0.00000385. The van der Waals surface area contributed by atoms with E-state index >= 15 is 0 Å². The number of guanidine groups is 1. The fourth-order valence-corrected chi connectivity index (χ4v) is 3.38. The van der Waals surface area contributed by atoms with Crippen LogP contribution in [0.5, 0.6) is 5.75 Å². The normalized spacial score (nSPS) is 13.6. The van der Waals surface area contributed by atoms with E-state index in [1.807, 2.05) is 50.2 Å². The number of piperazine rings is 1. The van der Waals surface area contributed by atoms with Crippen LogP contribution < -0.4 is 20.7 Å². The first kappa shape index (κ1) is 26.4. The van der Waals surface area contributed by atoms with Gasteiger partial charge in [-0.1, -0.05) is 30.3 Å². The van der Waals surface area contributed by atoms with Crippen molar-refractivity contribution in [2.75, 3.05) is 32.8 Å². The fourth-order valence-electron chi connectivity index (χ4n) is 3.38. The first-order valence-corrected chi connectivity index (χ1v) is 11.0. The predicted molar refractivity (Wildman–Crippen MR) is 140 cm³/mol. The van der Waals surface area contributed by atoms with Gasteiger partial charge in [-0.15, -0.1) is 24.0 Å². The van der Waals surface area contributed by atoms with Crippen LogP contribution in [0.2, 0.25) is 0 Å². The Bertz CT molecular complexity index is 949. The molecule has 0 unspecified atom stereocenters. The summed E-state index contributed by atoms with van der Waals surface area (Å²) >= 11 is 0. The molecular formula is C24H32IN5O3. The summed E-state index contributed by atoms with van der Waals surface area (Å²) in [4.78, 5) is 30.3. The van der Waals surface area contributed by atoms with Gasteiger partial charge in [-0.05, 0) is 37.6 Å². The van der Waals surface area contributed by atoms with Crippen LogP contribution in [0.3, 0.4) is 0 Å². The molecule has 1 aliphatic heterocycles. The fraction of sp³-hybridized carbons (Fsp3) is 0.375. The van der Waals surface area contributed by atoms with Crippen LogP contribution in [0.25, 0.3) is 0 Å². The molecule has 0 atom stereocenters. The number of nitrogens with one attached hydrogen (secondary N) is 3. The first-order chi connectivity index (χ1) is 15.6. The zero-order valence-electron chi connectivity index (χ0n) is 19.1. The molecule has 3 N–H and O–H groups in total. The highest BCUT2D eigenvalue weighted by molar-refractivity contribution is 14.0. The van der Waals surface area contributed by atoms with E-state index in [9.17, 15) is 9.59 Å². The van der Waals surface area contributed by atoms with Crippen LogP contribution in [-0.4, -0.2) is 55.5 Å². The summed E-state index contributed by atoms with van der Waals surface area (Å²) < 4.78 is 5.69. The third kappa shape index (κ3) is 7.92. The molecule has 0 saturated carbocycles. The molecule has 3 rings (SSSR count). The standard InChI is InChI=1S/C24H31N5O3.HI/c1-3-25-24(28-16-20-7-5-6-8-21(20)32-4-2)27-15-18-9-11-19(12-10-18)23(31)29-14-13-26-22(30)17-29;/h5-12H,3-4,13-17H2,1-2H3,(H,26,30)(H2,25,27,28);1H. The number of nitrogens with zero attached hydrogens (tertiary/aromatic N) is 2. The summed E-state index contributed by atoms with van der Waals surface area (Å²) in [6.07, 6.45) is 0. The molecule has 0 radical (unpaired) electrons. The van der Waals surface area contributed by atoms with Crippen LogP contribution in [0.1, 0.15) is 35.3 Å². The van der Waals surface area contributed by atoms with Crippen molar-refractivity contribution >= 4 is 41.8 Å². The van der Waals surface area contributed by atoms with Crippen LogP contribution in [0.4, 0.5) is 0 Å². The number of hydrogen-bond acceptors (Lipinski definition) is 4. The van der Waals surface area contributed by atoms with E-state index in [2.05, 4.69) is 20.9 Å². The zero-order chi connectivity index (χ0) is 22.8. The van der Waals surface area contributed by atoms with Gasteiger partial charge in [0.2, 0.25) is 5.91 Å². The Labute approximate surface area is 212 Å². The number of aliphatic imine (C=N–C) groups is 1. The number of halogens is 1. The number of amides is 2. The zero-order valence-corrected chi connectivity index (χ0v) is 21.4. The molecule has 0 aromatic heterocycles. The maximum absolute atomic E-state index is 12.6. The SMILES string of the molecule is CCNC(=NCc1ccc(C(=O)N2CCNC(=O)C2)cc1)NCc1ccccc1OCC.I. The van der Waals surface area contributed by atoms with Crippen molar-refractivity contribution in [2.45, 2.75) is 26.9 Å². The van der Waals surface area contributed by atoms with Crippen molar-refractivity contribution in [3.63, 3.8) is 0 Å². The van der Waals surface area contributed by atoms with Crippen molar-refractivity contribution in [1.29, 1.82) is 0 Å². The lowest BCUT2D eigenvalue weighted by Gasteiger charge is -2.26. The van der Waals surface area contributed by atoms with Crippen molar-refractivity contribution < 1.29 is 14.3 Å². The van der Waals surface area contributed by atoms with Gasteiger partial charge in [-0.2, -0.15) is 0 Å². The monoisotopic (exact) mass is 565 g/mol. The Kier molecular flexibility index (Phi) is 10.9. The van der Waals surface area contributed by atoms with Gasteiger partial charge in [0.25, 0.3) is 5.91 Å². The third-order valence-corrected chi connectivity index (χ3v) is 5.01. The summed E-state index contributed by atoms with van der Waals surface area (Å²) in [6, 6.07) is 15.3. The second-order valence-electron chi connectivity index (χ2n) is 7.36. The van der Waals surface area contributed by atoms with Crippen molar-refractivity contribution in [3.05, 3.63) is 65.2 Å². The topological polar surface area (TPSA) is 95.1 Å². The number of rotatable bonds is 8. The Hall–Kier alpha value is -2.82. The Morgan fingerprint density at radius 3 is 2.58 bits per heavy atom. The number of benzene rings is 2. The Morgan fingerprint density at radius 1 is 1.12 bits per heavy atom. The number of carbonyl (C=O) groups is 2. The highest BCUT2D eigenvalue weighted by Crippen LogP contribution is 2.17. The molecule has 2 amide bonds. The summed E-state index contributed by atoms with van der Waals surface area (Å²) in [5.74, 6) is 1.32. The molecule has 1 aliphatic rings. The van der Waals surface area contributed by atoms with Gasteiger partial charge in [-0.25, -0.2) is 4.99 Å². The largest absolute Gasteiger partial charge is 0.494 e. The van der Waals surface area contributed by atoms with Gasteiger partial charge >= 0.3 is 0 Å². The molecule has 2 aromatic rings. The molecule has 33 heavy (non-hydrogen) atoms. The van der Waals surface area contributed by atoms with Crippen LogP contribution in [0, 0.1) is 0 Å². The lowest BCUT2D eigenvalue weighted by atomic mass is 10.1. The second kappa shape index (κ2) is 13.7. The molecule has 178 valence electrons. The van der Waals surface area contributed by atoms with Crippen molar-refractivity contribution in [2.24, 2.45) is 4.99 Å². The molecule has 0 spiro atoms. The van der Waals surface area contributed by atoms with Gasteiger partial charge in [-0.3, -0.25) is 9.59 Å². The van der Waals surface area contributed by atoms with Gasteiger partial charge in [0.15, 0.2) is 5.96 Å². The average molecular weight is 565 g/mol. The van der Waals surface area contributed by atoms with E-state index < -0.39 is 0 Å². The maximum atomic E-state index is 12.6. The number of hydrogen-bond donors (Lipinski definition) is 3. The molecule has 0 bridgehead atoms. The minimum absolute atomic E-state index is 0. The molecule has 2 aromatic carbocycles. The number of para-hydroxylation sites is 1. The highest BCUT2D eigenvalue weighted by Gasteiger charge is 2.22. The minimum Gasteiger partial charge on any atom is -0.494 e. The molecule has 8 nitrogen and oxygen atoms in total. The quantitative estimate of drug-likeness (QED) is 0.260. The van der Waals surface area contributed by atoms with Crippen molar-refractivity contribution in [3.8, 4) is 5.75 Å². The van der Waals surface area contributed by atoms with Crippen LogP contribution >= 0.6 is 24.0 Å². The van der Waals surface area contributed by atoms with Crippen LogP contribution in [-0.2, 0) is 17.9 Å². The maximum Gasteiger partial charge on any atom is 0.254 e. The van der Waals surface area contributed by atoms with Gasteiger partial charge in [0.1, 0.15) is 5.75 Å². The predicted octanol–water partition coefficient (Wildman–Crippen LogP) is 2.53. The highest BCUT2D eigenvalue weighted by atomic mass is 127. The first-order valence-electron chi connectivity index (χ1n) is 11.0.